The summed E-state index contributed by atoms with van der Waals surface area (Å²) in [4.78, 5) is 0. The Bertz CT molecular complexity index is 1460. The van der Waals surface area contributed by atoms with E-state index in [9.17, 15) is 5.11 Å². The first-order valence-corrected chi connectivity index (χ1v) is 11.7. The molecule has 170 valence electrons. The predicted octanol–water partition coefficient (Wildman–Crippen LogP) is 6.46. The first-order valence-electron chi connectivity index (χ1n) is 11.7. The largest absolute Gasteiger partial charge is 0.456 e. The molecule has 5 rings (SSSR count). The Morgan fingerprint density at radius 3 is 2.06 bits per heavy atom. The molecule has 0 aliphatic heterocycles. The van der Waals surface area contributed by atoms with E-state index < -0.39 is 11.2 Å². The molecule has 1 aromatic heterocycles. The molecule has 3 nitrogen and oxygen atoms in total. The molecule has 0 amide bonds. The molecule has 0 saturated carbocycles. The summed E-state index contributed by atoms with van der Waals surface area (Å²) in [7, 11) is 0.421. The van der Waals surface area contributed by atoms with Crippen LogP contribution in [0.5, 0.6) is 0 Å². The topological polar surface area (TPSA) is 42.6 Å². The van der Waals surface area contributed by atoms with Gasteiger partial charge in [0.25, 0.3) is 0 Å². The molecule has 1 N–H and O–H groups in total. The Balaban J connectivity index is 1.46. The molecule has 0 fully saturated rings. The van der Waals surface area contributed by atoms with Crippen molar-refractivity contribution in [1.29, 1.82) is 0 Å². The van der Waals surface area contributed by atoms with E-state index in [2.05, 4.69) is 72.8 Å². The normalized spacial score (nSPS) is 12.4. The lowest BCUT2D eigenvalue weighted by atomic mass is 9.82. The second kappa shape index (κ2) is 8.46. The van der Waals surface area contributed by atoms with E-state index in [4.69, 9.17) is 9.07 Å². The lowest BCUT2D eigenvalue weighted by molar-refractivity contribution is -0.0893. The van der Waals surface area contributed by atoms with Gasteiger partial charge in [0.15, 0.2) is 0 Å². The van der Waals surface area contributed by atoms with E-state index in [0.717, 1.165) is 38.5 Å². The van der Waals surface area contributed by atoms with Gasteiger partial charge >= 0.3 is 7.48 Å². The summed E-state index contributed by atoms with van der Waals surface area (Å²) in [6.45, 7) is 7.36. The van der Waals surface area contributed by atoms with E-state index in [1.54, 1.807) is 13.8 Å². The fourth-order valence-electron chi connectivity index (χ4n) is 4.04. The van der Waals surface area contributed by atoms with Crippen LogP contribution in [0.1, 0.15) is 27.7 Å². The summed E-state index contributed by atoms with van der Waals surface area (Å²) in [5.41, 5.74) is 5.86. The van der Waals surface area contributed by atoms with Gasteiger partial charge in [0.1, 0.15) is 11.2 Å². The Morgan fingerprint density at radius 2 is 1.32 bits per heavy atom. The van der Waals surface area contributed by atoms with Gasteiger partial charge < -0.3 is 14.2 Å². The number of furan rings is 1. The zero-order chi connectivity index (χ0) is 23.9. The van der Waals surface area contributed by atoms with Gasteiger partial charge in [-0.15, -0.1) is 0 Å². The van der Waals surface area contributed by atoms with Crippen molar-refractivity contribution in [1.82, 2.24) is 0 Å². The van der Waals surface area contributed by atoms with Crippen LogP contribution in [0.4, 0.5) is 0 Å². The molecular formula is C30H29BO3. The van der Waals surface area contributed by atoms with Crippen LogP contribution in [-0.4, -0.2) is 23.8 Å². The Morgan fingerprint density at radius 1 is 0.647 bits per heavy atom. The van der Waals surface area contributed by atoms with Crippen LogP contribution in [0.15, 0.2) is 95.4 Å². The van der Waals surface area contributed by atoms with Gasteiger partial charge in [0.2, 0.25) is 0 Å². The summed E-state index contributed by atoms with van der Waals surface area (Å²) in [6.07, 6.45) is 0. The van der Waals surface area contributed by atoms with Crippen molar-refractivity contribution < 1.29 is 14.2 Å². The smallest absolute Gasteiger partial charge is 0.309 e. The molecule has 0 saturated heterocycles. The first kappa shape index (κ1) is 22.5. The van der Waals surface area contributed by atoms with Crippen LogP contribution in [0.25, 0.3) is 44.2 Å². The lowest BCUT2D eigenvalue weighted by Crippen LogP contribution is -2.49. The van der Waals surface area contributed by atoms with Gasteiger partial charge in [-0.25, -0.2) is 0 Å². The average molecular weight is 448 g/mol. The number of hydrogen-bond acceptors (Lipinski definition) is 3. The second-order valence-electron chi connectivity index (χ2n) is 9.95. The van der Waals surface area contributed by atoms with E-state index in [-0.39, 0.29) is 0 Å². The third-order valence-electron chi connectivity index (χ3n) is 6.91. The summed E-state index contributed by atoms with van der Waals surface area (Å²) in [5, 5.41) is 12.5. The molecule has 34 heavy (non-hydrogen) atoms. The van der Waals surface area contributed by atoms with Crippen LogP contribution in [0, 0.1) is 0 Å². The summed E-state index contributed by atoms with van der Waals surface area (Å²) < 4.78 is 12.3. The lowest BCUT2D eigenvalue weighted by Gasteiger charge is -2.37. The van der Waals surface area contributed by atoms with Crippen molar-refractivity contribution >= 4 is 34.9 Å². The maximum absolute atomic E-state index is 10.4. The molecule has 0 bridgehead atoms. The van der Waals surface area contributed by atoms with Gasteiger partial charge in [-0.05, 0) is 74.2 Å². The number of aliphatic hydroxyl groups is 1. The van der Waals surface area contributed by atoms with Crippen molar-refractivity contribution in [3.63, 3.8) is 0 Å². The fraction of sp³-hybridized carbons (Fsp3) is 0.200. The number of hydrogen-bond donors (Lipinski definition) is 1. The highest BCUT2D eigenvalue weighted by Crippen LogP contribution is 2.33. The van der Waals surface area contributed by atoms with Gasteiger partial charge in [0, 0.05) is 10.8 Å². The third kappa shape index (κ3) is 4.27. The average Bonchev–Trinajstić information content (AvgIpc) is 3.20. The van der Waals surface area contributed by atoms with Crippen molar-refractivity contribution in [2.24, 2.45) is 0 Å². The zero-order valence-electron chi connectivity index (χ0n) is 20.1. The zero-order valence-corrected chi connectivity index (χ0v) is 20.1. The number of fused-ring (bicyclic) bond motifs is 3. The van der Waals surface area contributed by atoms with Gasteiger partial charge in [0.05, 0.1) is 11.2 Å². The molecule has 4 aromatic carbocycles. The van der Waals surface area contributed by atoms with E-state index in [0.29, 0.717) is 7.48 Å². The highest BCUT2D eigenvalue weighted by Gasteiger charge is 2.35. The summed E-state index contributed by atoms with van der Waals surface area (Å²) >= 11 is 0. The first-order chi connectivity index (χ1) is 16.2. The van der Waals surface area contributed by atoms with Crippen molar-refractivity contribution in [2.75, 3.05) is 0 Å². The maximum atomic E-state index is 10.4. The molecule has 5 aromatic rings. The molecule has 0 aliphatic carbocycles. The summed E-state index contributed by atoms with van der Waals surface area (Å²) in [5.74, 6) is 0. The number of benzene rings is 4. The van der Waals surface area contributed by atoms with Crippen molar-refractivity contribution in [3.05, 3.63) is 91.0 Å². The molecule has 0 radical (unpaired) electrons. The summed E-state index contributed by atoms with van der Waals surface area (Å²) in [6, 6.07) is 31.6. The maximum Gasteiger partial charge on any atom is 0.309 e. The molecule has 0 atom stereocenters. The Hall–Kier alpha value is -3.34. The third-order valence-corrected chi connectivity index (χ3v) is 6.91. The van der Waals surface area contributed by atoms with Crippen molar-refractivity contribution in [2.45, 2.75) is 38.9 Å². The van der Waals surface area contributed by atoms with Crippen LogP contribution in [-0.2, 0) is 4.65 Å². The SMILES string of the molecule is CC(C)(O)C(C)(C)OBc1ccc2oc3cc(-c4cccc(-c5ccccc5)c4)ccc3c2c1. The van der Waals surface area contributed by atoms with Gasteiger partial charge in [-0.2, -0.15) is 0 Å². The van der Waals surface area contributed by atoms with Crippen molar-refractivity contribution in [3.8, 4) is 22.3 Å². The van der Waals surface area contributed by atoms with Crippen LogP contribution >= 0.6 is 0 Å². The molecule has 0 aliphatic rings. The van der Waals surface area contributed by atoms with Crippen LogP contribution in [0.2, 0.25) is 0 Å². The Kier molecular flexibility index (Phi) is 5.59. The standard InChI is InChI=1S/C30H29BO3/c1-29(2,32)30(3,4)34-31-24-14-16-27-26(19-24)25-15-13-23(18-28(25)33-27)22-12-8-11-21(17-22)20-9-6-5-7-10-20/h5-19,31-32H,1-4H3. The van der Waals surface area contributed by atoms with E-state index in [1.807, 2.05) is 32.0 Å². The van der Waals surface area contributed by atoms with Gasteiger partial charge in [-0.1, -0.05) is 72.2 Å². The predicted molar refractivity (Wildman–Crippen MR) is 143 cm³/mol. The number of rotatable bonds is 6. The molecule has 0 spiro atoms. The van der Waals surface area contributed by atoms with Crippen LogP contribution < -0.4 is 5.46 Å². The quantitative estimate of drug-likeness (QED) is 0.303. The van der Waals surface area contributed by atoms with E-state index in [1.165, 1.54) is 11.1 Å². The minimum absolute atomic E-state index is 0.421. The monoisotopic (exact) mass is 448 g/mol. The molecular weight excluding hydrogens is 419 g/mol. The highest BCUT2D eigenvalue weighted by atomic mass is 16.5. The minimum Gasteiger partial charge on any atom is -0.456 e. The Labute approximate surface area is 201 Å². The highest BCUT2D eigenvalue weighted by molar-refractivity contribution is 6.47. The fourth-order valence-corrected chi connectivity index (χ4v) is 4.04. The molecule has 4 heteroatoms. The van der Waals surface area contributed by atoms with E-state index >= 15 is 0 Å². The van der Waals surface area contributed by atoms with Gasteiger partial charge in [-0.3, -0.25) is 0 Å². The second-order valence-corrected chi connectivity index (χ2v) is 9.95. The minimum atomic E-state index is -0.937. The van der Waals surface area contributed by atoms with Crippen LogP contribution in [0.3, 0.4) is 0 Å². The molecule has 0 unspecified atom stereocenters. The molecule has 1 heterocycles.